The molecule has 88 valence electrons. The van der Waals surface area contributed by atoms with Crippen molar-refractivity contribution in [1.29, 1.82) is 0 Å². The molecular formula is C14H16N2O. The maximum absolute atomic E-state index is 11.9. The maximum Gasteiger partial charge on any atom is 0.267 e. The first-order chi connectivity index (χ1) is 8.33. The number of amides is 1. The van der Waals surface area contributed by atoms with Crippen LogP contribution in [0.1, 0.15) is 29.8 Å². The molecule has 3 heteroatoms. The van der Waals surface area contributed by atoms with Gasteiger partial charge in [0.05, 0.1) is 0 Å². The van der Waals surface area contributed by atoms with E-state index in [0.29, 0.717) is 5.69 Å². The lowest BCUT2D eigenvalue weighted by Crippen LogP contribution is -2.24. The number of hydrogen-bond donors (Lipinski definition) is 2. The zero-order chi connectivity index (χ0) is 11.7. The Bertz CT molecular complexity index is 507. The van der Waals surface area contributed by atoms with Gasteiger partial charge in [0.15, 0.2) is 0 Å². The Morgan fingerprint density at radius 2 is 2.18 bits per heavy atom. The molecule has 0 radical (unpaired) electrons. The number of fused-ring (bicyclic) bond motifs is 1. The zero-order valence-electron chi connectivity index (χ0n) is 9.70. The van der Waals surface area contributed by atoms with E-state index in [2.05, 4.69) is 10.3 Å². The number of nitrogens with one attached hydrogen (secondary N) is 2. The molecule has 17 heavy (non-hydrogen) atoms. The lowest BCUT2D eigenvalue weighted by molar-refractivity contribution is 0.0948. The lowest BCUT2D eigenvalue weighted by Gasteiger charge is -2.01. The molecule has 1 aliphatic carbocycles. The summed E-state index contributed by atoms with van der Waals surface area (Å²) in [5, 5.41) is 4.04. The highest BCUT2D eigenvalue weighted by Crippen LogP contribution is 2.31. The van der Waals surface area contributed by atoms with Crippen molar-refractivity contribution in [2.45, 2.75) is 19.3 Å². The summed E-state index contributed by atoms with van der Waals surface area (Å²) in [7, 11) is 0. The molecule has 0 atom stereocenters. The molecule has 1 saturated carbocycles. The number of benzene rings is 1. The van der Waals surface area contributed by atoms with Crippen molar-refractivity contribution >= 4 is 16.8 Å². The van der Waals surface area contributed by atoms with Crippen molar-refractivity contribution in [3.63, 3.8) is 0 Å². The molecule has 1 heterocycles. The van der Waals surface area contributed by atoms with Crippen LogP contribution in [0.3, 0.4) is 0 Å². The van der Waals surface area contributed by atoms with Gasteiger partial charge in [-0.05, 0) is 24.5 Å². The van der Waals surface area contributed by atoms with Crippen LogP contribution in [0, 0.1) is 5.92 Å². The summed E-state index contributed by atoms with van der Waals surface area (Å²) in [5.74, 6) is 0.861. The number of rotatable bonds is 4. The monoisotopic (exact) mass is 228 g/mol. The fourth-order valence-corrected chi connectivity index (χ4v) is 2.09. The van der Waals surface area contributed by atoms with Crippen LogP contribution in [-0.2, 0) is 0 Å². The zero-order valence-corrected chi connectivity index (χ0v) is 9.70. The van der Waals surface area contributed by atoms with Gasteiger partial charge < -0.3 is 10.3 Å². The summed E-state index contributed by atoms with van der Waals surface area (Å²) >= 11 is 0. The van der Waals surface area contributed by atoms with E-state index in [1.807, 2.05) is 30.3 Å². The molecule has 1 amide bonds. The fourth-order valence-electron chi connectivity index (χ4n) is 2.09. The first kappa shape index (κ1) is 10.4. The van der Waals surface area contributed by atoms with Crippen molar-refractivity contribution < 1.29 is 4.79 Å². The van der Waals surface area contributed by atoms with E-state index in [-0.39, 0.29) is 5.91 Å². The van der Waals surface area contributed by atoms with Gasteiger partial charge in [0, 0.05) is 17.4 Å². The van der Waals surface area contributed by atoms with Crippen LogP contribution in [0.5, 0.6) is 0 Å². The minimum absolute atomic E-state index is 0.00171. The Kier molecular flexibility index (Phi) is 2.59. The fraction of sp³-hybridized carbons (Fsp3) is 0.357. The SMILES string of the molecule is O=C(NCCC1CC1)c1cc2ccccc2[nH]1. The first-order valence-corrected chi connectivity index (χ1v) is 6.19. The quantitative estimate of drug-likeness (QED) is 0.830. The number of hydrogen-bond acceptors (Lipinski definition) is 1. The number of aromatic amines is 1. The molecule has 1 aliphatic rings. The molecule has 0 bridgehead atoms. The van der Waals surface area contributed by atoms with E-state index < -0.39 is 0 Å². The molecule has 1 aromatic heterocycles. The Morgan fingerprint density at radius 3 is 2.94 bits per heavy atom. The van der Waals surface area contributed by atoms with E-state index in [9.17, 15) is 4.79 Å². The van der Waals surface area contributed by atoms with E-state index in [4.69, 9.17) is 0 Å². The van der Waals surface area contributed by atoms with Gasteiger partial charge in [0.2, 0.25) is 0 Å². The topological polar surface area (TPSA) is 44.9 Å². The van der Waals surface area contributed by atoms with E-state index in [0.717, 1.165) is 29.8 Å². The van der Waals surface area contributed by atoms with E-state index >= 15 is 0 Å². The van der Waals surface area contributed by atoms with Gasteiger partial charge in [-0.2, -0.15) is 0 Å². The van der Waals surface area contributed by atoms with Crippen LogP contribution in [0.15, 0.2) is 30.3 Å². The van der Waals surface area contributed by atoms with Crippen molar-refractivity contribution in [3.05, 3.63) is 36.0 Å². The maximum atomic E-state index is 11.9. The van der Waals surface area contributed by atoms with Crippen molar-refractivity contribution in [1.82, 2.24) is 10.3 Å². The number of carbonyl (C=O) groups is 1. The van der Waals surface area contributed by atoms with Gasteiger partial charge in [-0.25, -0.2) is 0 Å². The van der Waals surface area contributed by atoms with Gasteiger partial charge in [-0.15, -0.1) is 0 Å². The number of H-pyrrole nitrogens is 1. The predicted molar refractivity (Wildman–Crippen MR) is 68.0 cm³/mol. The van der Waals surface area contributed by atoms with Crippen LogP contribution in [0.2, 0.25) is 0 Å². The molecule has 1 fully saturated rings. The minimum atomic E-state index is 0.00171. The summed E-state index contributed by atoms with van der Waals surface area (Å²) < 4.78 is 0. The highest BCUT2D eigenvalue weighted by Gasteiger charge is 2.20. The molecular weight excluding hydrogens is 212 g/mol. The average molecular weight is 228 g/mol. The highest BCUT2D eigenvalue weighted by atomic mass is 16.1. The molecule has 2 aromatic rings. The van der Waals surface area contributed by atoms with Crippen molar-refractivity contribution in [2.75, 3.05) is 6.54 Å². The Morgan fingerprint density at radius 1 is 1.35 bits per heavy atom. The van der Waals surface area contributed by atoms with Gasteiger partial charge >= 0.3 is 0 Å². The summed E-state index contributed by atoms with van der Waals surface area (Å²) in [5.41, 5.74) is 1.67. The van der Waals surface area contributed by atoms with Crippen LogP contribution in [0.25, 0.3) is 10.9 Å². The number of aromatic nitrogens is 1. The lowest BCUT2D eigenvalue weighted by atomic mass is 10.2. The molecule has 3 rings (SSSR count). The molecule has 0 aliphatic heterocycles. The Balaban J connectivity index is 1.67. The largest absolute Gasteiger partial charge is 0.351 e. The third kappa shape index (κ3) is 2.33. The number of carbonyl (C=O) groups excluding carboxylic acids is 1. The molecule has 1 aromatic carbocycles. The van der Waals surface area contributed by atoms with E-state index in [1.54, 1.807) is 0 Å². The predicted octanol–water partition coefficient (Wildman–Crippen LogP) is 2.70. The van der Waals surface area contributed by atoms with Crippen LogP contribution in [-0.4, -0.2) is 17.4 Å². The first-order valence-electron chi connectivity index (χ1n) is 6.19. The second-order valence-corrected chi connectivity index (χ2v) is 4.76. The highest BCUT2D eigenvalue weighted by molar-refractivity contribution is 5.97. The van der Waals surface area contributed by atoms with E-state index in [1.165, 1.54) is 12.8 Å². The van der Waals surface area contributed by atoms with Gasteiger partial charge in [-0.3, -0.25) is 4.79 Å². The van der Waals surface area contributed by atoms with Crippen LogP contribution in [0.4, 0.5) is 0 Å². The minimum Gasteiger partial charge on any atom is -0.351 e. The molecule has 0 saturated heterocycles. The summed E-state index contributed by atoms with van der Waals surface area (Å²) in [6.45, 7) is 0.791. The third-order valence-corrected chi connectivity index (χ3v) is 3.31. The second-order valence-electron chi connectivity index (χ2n) is 4.76. The number of para-hydroxylation sites is 1. The van der Waals surface area contributed by atoms with Gasteiger partial charge in [0.1, 0.15) is 5.69 Å². The third-order valence-electron chi connectivity index (χ3n) is 3.31. The molecule has 0 unspecified atom stereocenters. The van der Waals surface area contributed by atoms with Crippen LogP contribution < -0.4 is 5.32 Å². The van der Waals surface area contributed by atoms with Gasteiger partial charge in [0.25, 0.3) is 5.91 Å². The Labute approximate surface area is 100 Å². The standard InChI is InChI=1S/C14H16N2O/c17-14(15-8-7-10-5-6-10)13-9-11-3-1-2-4-12(11)16-13/h1-4,9-10,16H,5-8H2,(H,15,17). The van der Waals surface area contributed by atoms with Gasteiger partial charge in [-0.1, -0.05) is 31.0 Å². The molecule has 2 N–H and O–H groups in total. The average Bonchev–Trinajstić information content (AvgIpc) is 3.06. The van der Waals surface area contributed by atoms with Crippen molar-refractivity contribution in [3.8, 4) is 0 Å². The second kappa shape index (κ2) is 4.24. The van der Waals surface area contributed by atoms with Crippen molar-refractivity contribution in [2.24, 2.45) is 5.92 Å². The summed E-state index contributed by atoms with van der Waals surface area (Å²) in [6.07, 6.45) is 3.79. The summed E-state index contributed by atoms with van der Waals surface area (Å²) in [4.78, 5) is 15.0. The molecule has 0 spiro atoms. The summed E-state index contributed by atoms with van der Waals surface area (Å²) in [6, 6.07) is 9.84. The molecule has 3 nitrogen and oxygen atoms in total. The smallest absolute Gasteiger partial charge is 0.267 e. The normalized spacial score (nSPS) is 15.1. The van der Waals surface area contributed by atoms with Crippen LogP contribution >= 0.6 is 0 Å². The Hall–Kier alpha value is -1.77.